The molecule has 18 heavy (non-hydrogen) atoms. The molecule has 0 bridgehead atoms. The maximum Gasteiger partial charge on any atom is 0.161 e. The largest absolute Gasteiger partial charge is 0.493 e. The highest BCUT2D eigenvalue weighted by molar-refractivity contribution is 5.44. The van der Waals surface area contributed by atoms with E-state index in [0.29, 0.717) is 11.5 Å². The predicted molar refractivity (Wildman–Crippen MR) is 70.1 cm³/mol. The number of ether oxygens (including phenoxy) is 3. The van der Waals surface area contributed by atoms with E-state index in [1.807, 2.05) is 18.2 Å². The van der Waals surface area contributed by atoms with Gasteiger partial charge in [-0.3, -0.25) is 0 Å². The summed E-state index contributed by atoms with van der Waals surface area (Å²) in [7, 11) is 3.25. The maximum atomic E-state index is 6.33. The van der Waals surface area contributed by atoms with Gasteiger partial charge < -0.3 is 19.9 Å². The second-order valence-electron chi connectivity index (χ2n) is 4.86. The smallest absolute Gasteiger partial charge is 0.161 e. The molecule has 0 aromatic heterocycles. The number of nitrogens with two attached hydrogens (primary N) is 1. The Balaban J connectivity index is 2.27. The summed E-state index contributed by atoms with van der Waals surface area (Å²) in [6.45, 7) is 2.86. The Morgan fingerprint density at radius 1 is 1.28 bits per heavy atom. The zero-order valence-corrected chi connectivity index (χ0v) is 11.2. The first-order valence-corrected chi connectivity index (χ1v) is 6.22. The van der Waals surface area contributed by atoms with Crippen molar-refractivity contribution in [2.24, 2.45) is 5.73 Å². The van der Waals surface area contributed by atoms with Crippen molar-refractivity contribution in [1.29, 1.82) is 0 Å². The van der Waals surface area contributed by atoms with Crippen LogP contribution in [0, 0.1) is 0 Å². The van der Waals surface area contributed by atoms with Gasteiger partial charge in [-0.1, -0.05) is 6.07 Å². The van der Waals surface area contributed by atoms with Gasteiger partial charge in [-0.05, 0) is 37.5 Å². The van der Waals surface area contributed by atoms with Crippen molar-refractivity contribution >= 4 is 0 Å². The van der Waals surface area contributed by atoms with Crippen molar-refractivity contribution in [3.05, 3.63) is 23.8 Å². The van der Waals surface area contributed by atoms with Crippen molar-refractivity contribution in [1.82, 2.24) is 0 Å². The highest BCUT2D eigenvalue weighted by Gasteiger charge is 2.37. The number of methoxy groups -OCH3 is 2. The quantitative estimate of drug-likeness (QED) is 0.892. The van der Waals surface area contributed by atoms with Crippen molar-refractivity contribution in [2.75, 3.05) is 20.8 Å². The minimum Gasteiger partial charge on any atom is -0.493 e. The minimum absolute atomic E-state index is 0.153. The van der Waals surface area contributed by atoms with Gasteiger partial charge in [0.05, 0.1) is 25.9 Å². The van der Waals surface area contributed by atoms with E-state index < -0.39 is 0 Å². The van der Waals surface area contributed by atoms with E-state index in [2.05, 4.69) is 6.92 Å². The standard InChI is InChI=1S/C14H21NO3/c1-14(7-4-8-18-14)13(15)10-5-6-11(16-2)12(9-10)17-3/h5-6,9,13H,4,7-8,15H2,1-3H3. The zero-order valence-electron chi connectivity index (χ0n) is 11.2. The second-order valence-corrected chi connectivity index (χ2v) is 4.86. The first kappa shape index (κ1) is 13.2. The molecule has 0 aliphatic carbocycles. The molecule has 1 aliphatic heterocycles. The molecule has 4 nitrogen and oxygen atoms in total. The molecule has 0 amide bonds. The maximum absolute atomic E-state index is 6.33. The Hall–Kier alpha value is -1.26. The molecular weight excluding hydrogens is 230 g/mol. The molecule has 0 spiro atoms. The zero-order chi connectivity index (χ0) is 13.2. The van der Waals surface area contributed by atoms with Crippen LogP contribution in [0.1, 0.15) is 31.4 Å². The number of rotatable bonds is 4. The van der Waals surface area contributed by atoms with Crippen LogP contribution in [-0.2, 0) is 4.74 Å². The first-order valence-electron chi connectivity index (χ1n) is 6.22. The fourth-order valence-corrected chi connectivity index (χ4v) is 2.44. The molecule has 2 atom stereocenters. The summed E-state index contributed by atoms with van der Waals surface area (Å²) >= 11 is 0. The normalized spacial score (nSPS) is 24.9. The van der Waals surface area contributed by atoms with Crippen LogP contribution in [0.5, 0.6) is 11.5 Å². The SMILES string of the molecule is COc1ccc(C(N)C2(C)CCCO2)cc1OC. The van der Waals surface area contributed by atoms with Crippen LogP contribution < -0.4 is 15.2 Å². The molecule has 1 saturated heterocycles. The summed E-state index contributed by atoms with van der Waals surface area (Å²) in [6, 6.07) is 5.63. The average Bonchev–Trinajstić information content (AvgIpc) is 2.85. The first-order chi connectivity index (χ1) is 8.60. The average molecular weight is 251 g/mol. The Morgan fingerprint density at radius 2 is 2.00 bits per heavy atom. The van der Waals surface area contributed by atoms with Crippen molar-refractivity contribution in [2.45, 2.75) is 31.4 Å². The third-order valence-electron chi connectivity index (χ3n) is 3.67. The minimum atomic E-state index is -0.278. The van der Waals surface area contributed by atoms with Gasteiger partial charge >= 0.3 is 0 Å². The van der Waals surface area contributed by atoms with Gasteiger partial charge in [0.15, 0.2) is 11.5 Å². The van der Waals surface area contributed by atoms with Crippen molar-refractivity contribution in [3.8, 4) is 11.5 Å². The van der Waals surface area contributed by atoms with Gasteiger partial charge in [0.25, 0.3) is 0 Å². The lowest BCUT2D eigenvalue weighted by Crippen LogP contribution is -2.37. The predicted octanol–water partition coefficient (Wildman–Crippen LogP) is 2.27. The summed E-state index contributed by atoms with van der Waals surface area (Å²) < 4.78 is 16.3. The summed E-state index contributed by atoms with van der Waals surface area (Å²) in [4.78, 5) is 0. The molecule has 0 saturated carbocycles. The Morgan fingerprint density at radius 3 is 2.56 bits per heavy atom. The number of hydrogen-bond donors (Lipinski definition) is 1. The summed E-state index contributed by atoms with van der Waals surface area (Å²) in [6.07, 6.45) is 2.06. The third-order valence-corrected chi connectivity index (χ3v) is 3.67. The summed E-state index contributed by atoms with van der Waals surface area (Å²) in [5, 5.41) is 0. The molecule has 0 radical (unpaired) electrons. The van der Waals surface area contributed by atoms with Crippen LogP contribution in [0.15, 0.2) is 18.2 Å². The van der Waals surface area contributed by atoms with Crippen LogP contribution in [0.3, 0.4) is 0 Å². The molecule has 1 heterocycles. The highest BCUT2D eigenvalue weighted by Crippen LogP contribution is 2.38. The molecule has 1 aromatic rings. The van der Waals surface area contributed by atoms with Gasteiger partial charge in [-0.15, -0.1) is 0 Å². The topological polar surface area (TPSA) is 53.7 Å². The van der Waals surface area contributed by atoms with Gasteiger partial charge in [-0.25, -0.2) is 0 Å². The second kappa shape index (κ2) is 5.16. The molecule has 100 valence electrons. The monoisotopic (exact) mass is 251 g/mol. The fraction of sp³-hybridized carbons (Fsp3) is 0.571. The van der Waals surface area contributed by atoms with Crippen LogP contribution in [0.2, 0.25) is 0 Å². The van der Waals surface area contributed by atoms with Gasteiger partial charge in [0.1, 0.15) is 0 Å². The summed E-state index contributed by atoms with van der Waals surface area (Å²) in [5.41, 5.74) is 7.06. The lowest BCUT2D eigenvalue weighted by molar-refractivity contribution is -0.00178. The van der Waals surface area contributed by atoms with E-state index in [4.69, 9.17) is 19.9 Å². The Labute approximate surface area is 108 Å². The molecule has 2 unspecified atom stereocenters. The van der Waals surface area contributed by atoms with E-state index >= 15 is 0 Å². The Kier molecular flexibility index (Phi) is 3.78. The number of benzene rings is 1. The van der Waals surface area contributed by atoms with Crippen LogP contribution in [0.4, 0.5) is 0 Å². The van der Waals surface area contributed by atoms with E-state index in [-0.39, 0.29) is 11.6 Å². The molecule has 1 fully saturated rings. The van der Waals surface area contributed by atoms with Gasteiger partial charge in [-0.2, -0.15) is 0 Å². The van der Waals surface area contributed by atoms with E-state index in [1.54, 1.807) is 14.2 Å². The van der Waals surface area contributed by atoms with Crippen molar-refractivity contribution in [3.63, 3.8) is 0 Å². The lowest BCUT2D eigenvalue weighted by Gasteiger charge is -2.31. The lowest BCUT2D eigenvalue weighted by atomic mass is 9.88. The van der Waals surface area contributed by atoms with Gasteiger partial charge in [0.2, 0.25) is 0 Å². The Bertz CT molecular complexity index is 414. The molecule has 1 aliphatic rings. The van der Waals surface area contributed by atoms with E-state index in [0.717, 1.165) is 25.0 Å². The molecule has 1 aromatic carbocycles. The number of hydrogen-bond acceptors (Lipinski definition) is 4. The third kappa shape index (κ3) is 2.31. The van der Waals surface area contributed by atoms with Crippen LogP contribution in [-0.4, -0.2) is 26.4 Å². The molecular formula is C14H21NO3. The van der Waals surface area contributed by atoms with E-state index in [1.165, 1.54) is 0 Å². The fourth-order valence-electron chi connectivity index (χ4n) is 2.44. The van der Waals surface area contributed by atoms with E-state index in [9.17, 15) is 0 Å². The summed E-state index contributed by atoms with van der Waals surface area (Å²) in [5.74, 6) is 1.41. The van der Waals surface area contributed by atoms with Crippen LogP contribution in [0.25, 0.3) is 0 Å². The van der Waals surface area contributed by atoms with Gasteiger partial charge in [0, 0.05) is 6.61 Å². The molecule has 4 heteroatoms. The van der Waals surface area contributed by atoms with Crippen LogP contribution >= 0.6 is 0 Å². The molecule has 2 rings (SSSR count). The molecule has 2 N–H and O–H groups in total. The highest BCUT2D eigenvalue weighted by atomic mass is 16.5. The van der Waals surface area contributed by atoms with Crippen molar-refractivity contribution < 1.29 is 14.2 Å².